The fraction of sp³-hybridized carbons (Fsp3) is 0.909. The van der Waals surface area contributed by atoms with E-state index in [0.29, 0.717) is 0 Å². The molecule has 6 heteroatoms. The summed E-state index contributed by atoms with van der Waals surface area (Å²) in [5.41, 5.74) is 0. The molecule has 0 atom stereocenters. The van der Waals surface area contributed by atoms with Crippen molar-refractivity contribution < 1.29 is 39.5 Å². The normalized spacial score (nSPS) is 11.0. The number of aliphatic carboxylic acids is 1. The molecule has 17 heavy (non-hydrogen) atoms. The maximum Gasteiger partial charge on any atom is 1.00 e. The topological polar surface area (TPSA) is 40.1 Å². The molecule has 0 saturated carbocycles. The van der Waals surface area contributed by atoms with Gasteiger partial charge in [-0.1, -0.05) is 6.42 Å². The first-order valence-electron chi connectivity index (χ1n) is 5.39. The summed E-state index contributed by atoms with van der Waals surface area (Å²) in [5.74, 6) is 0.241. The second-order valence-electron chi connectivity index (χ2n) is 3.64. The third-order valence-corrected chi connectivity index (χ3v) is 6.54. The molecule has 0 unspecified atom stereocenters. The van der Waals surface area contributed by atoms with Crippen LogP contribution in [0.2, 0.25) is 0 Å². The fourth-order valence-corrected chi connectivity index (χ4v) is 4.32. The third-order valence-electron chi connectivity index (χ3n) is 2.62. The molecule has 0 N–H and O–H groups in total. The molecule has 2 nitrogen and oxygen atoms in total. The van der Waals surface area contributed by atoms with E-state index in [0.717, 1.165) is 19.3 Å². The van der Waals surface area contributed by atoms with Crippen LogP contribution in [0.4, 0.5) is 0 Å². The van der Waals surface area contributed by atoms with Crippen LogP contribution >= 0.6 is 35.3 Å². The van der Waals surface area contributed by atoms with E-state index in [1.807, 2.05) is 35.3 Å². The predicted molar refractivity (Wildman–Crippen MR) is 76.2 cm³/mol. The molecule has 0 aromatic heterocycles. The molecule has 0 heterocycles. The van der Waals surface area contributed by atoms with Crippen molar-refractivity contribution in [2.75, 3.05) is 24.5 Å². The quantitative estimate of drug-likeness (QED) is 0.308. The van der Waals surface area contributed by atoms with E-state index in [-0.39, 0.29) is 40.1 Å². The van der Waals surface area contributed by atoms with Crippen molar-refractivity contribution in [1.29, 1.82) is 0 Å². The fourth-order valence-electron chi connectivity index (χ4n) is 1.54. The van der Waals surface area contributed by atoms with E-state index in [9.17, 15) is 9.90 Å². The zero-order valence-electron chi connectivity index (χ0n) is 11.3. The van der Waals surface area contributed by atoms with Gasteiger partial charge in [-0.15, -0.1) is 23.5 Å². The van der Waals surface area contributed by atoms with Crippen LogP contribution in [0.1, 0.15) is 32.1 Å². The Bertz CT molecular complexity index is 199. The van der Waals surface area contributed by atoms with Gasteiger partial charge in [-0.3, -0.25) is 0 Å². The molecule has 0 aliphatic rings. The molecule has 0 aromatic rings. The van der Waals surface area contributed by atoms with Gasteiger partial charge in [-0.2, -0.15) is 11.8 Å². The Balaban J connectivity index is 0. The van der Waals surface area contributed by atoms with E-state index in [2.05, 4.69) is 18.8 Å². The molecule has 0 amide bonds. The minimum absolute atomic E-state index is 0. The summed E-state index contributed by atoms with van der Waals surface area (Å²) < 4.78 is 0.273. The summed E-state index contributed by atoms with van der Waals surface area (Å²) in [4.78, 5) is 10.3. The van der Waals surface area contributed by atoms with Crippen LogP contribution in [0.5, 0.6) is 0 Å². The van der Waals surface area contributed by atoms with Crippen LogP contribution in [0.15, 0.2) is 0 Å². The van der Waals surface area contributed by atoms with Gasteiger partial charge in [0.15, 0.2) is 0 Å². The Hall–Kier alpha value is 1.52. The predicted octanol–water partition coefficient (Wildman–Crippen LogP) is -0.524. The van der Waals surface area contributed by atoms with Crippen LogP contribution in [0, 0.1) is 0 Å². The van der Waals surface area contributed by atoms with Gasteiger partial charge in [0, 0.05) is 5.97 Å². The van der Waals surface area contributed by atoms with Crippen molar-refractivity contribution in [3.63, 3.8) is 0 Å². The molecule has 0 aliphatic carbocycles. The van der Waals surface area contributed by atoms with Crippen LogP contribution in [-0.4, -0.2) is 34.6 Å². The molecule has 0 aliphatic heterocycles. The van der Waals surface area contributed by atoms with Crippen molar-refractivity contribution in [1.82, 2.24) is 0 Å². The van der Waals surface area contributed by atoms with Gasteiger partial charge in [-0.25, -0.2) is 0 Å². The average Bonchev–Trinajstić information content (AvgIpc) is 2.29. The number of carbonyl (C=O) groups is 1. The molecular weight excluding hydrogens is 283 g/mol. The second kappa shape index (κ2) is 12.5. The van der Waals surface area contributed by atoms with Crippen molar-refractivity contribution in [2.24, 2.45) is 0 Å². The van der Waals surface area contributed by atoms with E-state index in [4.69, 9.17) is 0 Å². The number of carboxylic acids is 1. The minimum atomic E-state index is -0.928. The summed E-state index contributed by atoms with van der Waals surface area (Å²) in [6, 6.07) is 0. The van der Waals surface area contributed by atoms with Crippen LogP contribution in [0.3, 0.4) is 0 Å². The monoisotopic (exact) mass is 304 g/mol. The Morgan fingerprint density at radius 1 is 1.12 bits per heavy atom. The second-order valence-corrected chi connectivity index (χ2v) is 7.26. The van der Waals surface area contributed by atoms with Gasteiger partial charge < -0.3 is 9.90 Å². The SMILES string of the molecule is CSCCC(CCCCC(=O)[O-])(SC)SC.[Na+]. The van der Waals surface area contributed by atoms with Gasteiger partial charge in [0.05, 0.1) is 4.08 Å². The molecule has 0 fully saturated rings. The van der Waals surface area contributed by atoms with Crippen molar-refractivity contribution >= 4 is 41.3 Å². The first-order valence-corrected chi connectivity index (χ1v) is 9.23. The number of rotatable bonds is 10. The molecular formula is C11H21NaO2S3. The van der Waals surface area contributed by atoms with Crippen LogP contribution in [0.25, 0.3) is 0 Å². The summed E-state index contributed by atoms with van der Waals surface area (Å²) in [6.45, 7) is 0. The van der Waals surface area contributed by atoms with Crippen molar-refractivity contribution in [3.05, 3.63) is 0 Å². The first kappa shape index (κ1) is 20.8. The number of hydrogen-bond acceptors (Lipinski definition) is 5. The van der Waals surface area contributed by atoms with Crippen LogP contribution < -0.4 is 34.7 Å². The summed E-state index contributed by atoms with van der Waals surface area (Å²) >= 11 is 5.68. The molecule has 0 radical (unpaired) electrons. The molecule has 96 valence electrons. The van der Waals surface area contributed by atoms with Gasteiger partial charge in [0.2, 0.25) is 0 Å². The van der Waals surface area contributed by atoms with E-state index >= 15 is 0 Å². The molecule has 0 spiro atoms. The van der Waals surface area contributed by atoms with Gasteiger partial charge in [0.1, 0.15) is 0 Å². The Morgan fingerprint density at radius 3 is 2.12 bits per heavy atom. The van der Waals surface area contributed by atoms with Gasteiger partial charge in [0.25, 0.3) is 0 Å². The Morgan fingerprint density at radius 2 is 1.71 bits per heavy atom. The number of carboxylic acid groups (broad SMARTS) is 1. The number of carbonyl (C=O) groups excluding carboxylic acids is 1. The largest absolute Gasteiger partial charge is 1.00 e. The Labute approximate surface area is 140 Å². The van der Waals surface area contributed by atoms with Crippen LogP contribution in [-0.2, 0) is 4.79 Å². The van der Waals surface area contributed by atoms with E-state index in [1.165, 1.54) is 12.2 Å². The van der Waals surface area contributed by atoms with Crippen molar-refractivity contribution in [2.45, 2.75) is 36.2 Å². The molecule has 0 saturated heterocycles. The number of hydrogen-bond donors (Lipinski definition) is 0. The zero-order chi connectivity index (χ0) is 12.4. The van der Waals surface area contributed by atoms with E-state index < -0.39 is 5.97 Å². The van der Waals surface area contributed by atoms with E-state index in [1.54, 1.807) is 0 Å². The van der Waals surface area contributed by atoms with Gasteiger partial charge >= 0.3 is 29.6 Å². The van der Waals surface area contributed by atoms with Gasteiger partial charge in [-0.05, 0) is 50.2 Å². The summed E-state index contributed by atoms with van der Waals surface area (Å²) in [6.07, 6.45) is 10.6. The molecule has 0 aromatic carbocycles. The summed E-state index contributed by atoms with van der Waals surface area (Å²) in [7, 11) is 0. The average molecular weight is 304 g/mol. The number of thioether (sulfide) groups is 3. The molecule has 0 rings (SSSR count). The summed E-state index contributed by atoms with van der Waals surface area (Å²) in [5, 5.41) is 10.3. The number of unbranched alkanes of at least 4 members (excludes halogenated alkanes) is 1. The maximum atomic E-state index is 10.3. The maximum absolute atomic E-state index is 10.3. The smallest absolute Gasteiger partial charge is 0.550 e. The Kier molecular flexibility index (Phi) is 15.4. The third kappa shape index (κ3) is 10.0. The molecule has 0 bridgehead atoms. The first-order chi connectivity index (χ1) is 7.60. The minimum Gasteiger partial charge on any atom is -0.550 e. The van der Waals surface area contributed by atoms with Crippen molar-refractivity contribution in [3.8, 4) is 0 Å². The zero-order valence-corrected chi connectivity index (χ0v) is 15.7. The standard InChI is InChI=1S/C11H22O2S3.Na/c1-14-9-8-11(15-2,16-3)7-5-4-6-10(12)13;/h4-9H2,1-3H3,(H,12,13);/q;+1/p-1.